The first-order valence-electron chi connectivity index (χ1n) is 7.78. The third-order valence-electron chi connectivity index (χ3n) is 3.28. The summed E-state index contributed by atoms with van der Waals surface area (Å²) in [7, 11) is 0. The molecule has 0 saturated heterocycles. The summed E-state index contributed by atoms with van der Waals surface area (Å²) in [6.07, 6.45) is 0.446. The van der Waals surface area contributed by atoms with Crippen LogP contribution in [0.15, 0.2) is 65.7 Å². The molecule has 0 aliphatic carbocycles. The summed E-state index contributed by atoms with van der Waals surface area (Å²) in [4.78, 5) is 15.7. The van der Waals surface area contributed by atoms with Crippen molar-refractivity contribution in [1.82, 2.24) is 0 Å². The van der Waals surface area contributed by atoms with Crippen LogP contribution in [0.1, 0.15) is 24.0 Å². The number of ether oxygens (including phenoxy) is 2. The minimum Gasteiger partial charge on any atom is -0.476 e. The van der Waals surface area contributed by atoms with E-state index < -0.39 is 0 Å². The van der Waals surface area contributed by atoms with E-state index in [-0.39, 0.29) is 25.7 Å². The molecule has 0 saturated carbocycles. The van der Waals surface area contributed by atoms with E-state index in [1.54, 1.807) is 0 Å². The van der Waals surface area contributed by atoms with Crippen molar-refractivity contribution in [2.45, 2.75) is 26.1 Å². The van der Waals surface area contributed by atoms with Gasteiger partial charge in [0.15, 0.2) is 5.90 Å². The molecular formula is C19H21NO4. The van der Waals surface area contributed by atoms with E-state index in [0.717, 1.165) is 11.1 Å². The molecule has 2 aromatic carbocycles. The fourth-order valence-electron chi connectivity index (χ4n) is 2.04. The van der Waals surface area contributed by atoms with Crippen LogP contribution in [0.4, 0.5) is 0 Å². The Morgan fingerprint density at radius 1 is 0.833 bits per heavy atom. The quantitative estimate of drug-likeness (QED) is 0.460. The van der Waals surface area contributed by atoms with Crippen LogP contribution in [0.25, 0.3) is 0 Å². The standard InChI is InChI=1S/C19H21NO4/c21-15-20-18(23-13-16-7-3-1-4-8-16)11-12-19(22)24-14-17-9-5-2-6-10-17/h1-10,21H,11-15H2. The third kappa shape index (κ3) is 6.62. The molecular weight excluding hydrogens is 306 g/mol. The van der Waals surface area contributed by atoms with Gasteiger partial charge in [-0.25, -0.2) is 4.99 Å². The van der Waals surface area contributed by atoms with Crippen LogP contribution < -0.4 is 0 Å². The average Bonchev–Trinajstić information content (AvgIpc) is 2.64. The van der Waals surface area contributed by atoms with Crippen molar-refractivity contribution in [3.05, 3.63) is 71.8 Å². The zero-order chi connectivity index (χ0) is 17.0. The van der Waals surface area contributed by atoms with Gasteiger partial charge in [0.25, 0.3) is 0 Å². The zero-order valence-corrected chi connectivity index (χ0v) is 13.4. The monoisotopic (exact) mass is 327 g/mol. The lowest BCUT2D eigenvalue weighted by Gasteiger charge is -2.09. The lowest BCUT2D eigenvalue weighted by atomic mass is 10.2. The second kappa shape index (κ2) is 10.2. The van der Waals surface area contributed by atoms with Crippen LogP contribution in [-0.4, -0.2) is 23.7 Å². The molecule has 1 N–H and O–H groups in total. The van der Waals surface area contributed by atoms with Gasteiger partial charge in [-0.2, -0.15) is 0 Å². The number of aliphatic hydroxyl groups excluding tert-OH is 1. The molecule has 2 aromatic rings. The lowest BCUT2D eigenvalue weighted by molar-refractivity contribution is -0.144. The normalized spacial score (nSPS) is 11.1. The van der Waals surface area contributed by atoms with Crippen molar-refractivity contribution in [3.8, 4) is 0 Å². The van der Waals surface area contributed by atoms with E-state index in [1.165, 1.54) is 0 Å². The molecule has 24 heavy (non-hydrogen) atoms. The van der Waals surface area contributed by atoms with Gasteiger partial charge in [0.1, 0.15) is 19.9 Å². The molecule has 0 aliphatic rings. The summed E-state index contributed by atoms with van der Waals surface area (Å²) in [6.45, 7) is 0.221. The molecule has 0 spiro atoms. The molecule has 0 bridgehead atoms. The number of aliphatic hydroxyl groups is 1. The highest BCUT2D eigenvalue weighted by Crippen LogP contribution is 2.06. The van der Waals surface area contributed by atoms with Crippen LogP contribution in [-0.2, 0) is 27.5 Å². The van der Waals surface area contributed by atoms with Crippen LogP contribution in [0, 0.1) is 0 Å². The first-order chi connectivity index (χ1) is 11.8. The van der Waals surface area contributed by atoms with Gasteiger partial charge >= 0.3 is 5.97 Å². The minimum atomic E-state index is -0.372. The van der Waals surface area contributed by atoms with E-state index in [0.29, 0.717) is 18.9 Å². The van der Waals surface area contributed by atoms with Gasteiger partial charge < -0.3 is 14.6 Å². The number of benzene rings is 2. The number of hydrogen-bond donors (Lipinski definition) is 1. The number of nitrogens with zero attached hydrogens (tertiary/aromatic N) is 1. The highest BCUT2D eigenvalue weighted by atomic mass is 16.5. The molecule has 2 rings (SSSR count). The predicted octanol–water partition coefficient (Wildman–Crippen LogP) is 3.08. The molecule has 5 nitrogen and oxygen atoms in total. The molecule has 126 valence electrons. The van der Waals surface area contributed by atoms with Gasteiger partial charge in [0.2, 0.25) is 0 Å². The van der Waals surface area contributed by atoms with Crippen molar-refractivity contribution < 1.29 is 19.4 Å². The highest BCUT2D eigenvalue weighted by molar-refractivity contribution is 5.81. The Kier molecular flexibility index (Phi) is 7.50. The van der Waals surface area contributed by atoms with E-state index in [9.17, 15) is 4.79 Å². The number of hydrogen-bond acceptors (Lipinski definition) is 5. The summed E-state index contributed by atoms with van der Waals surface area (Å²) >= 11 is 0. The van der Waals surface area contributed by atoms with Gasteiger partial charge in [0, 0.05) is 6.42 Å². The van der Waals surface area contributed by atoms with Gasteiger partial charge in [-0.05, 0) is 11.1 Å². The van der Waals surface area contributed by atoms with Crippen molar-refractivity contribution in [1.29, 1.82) is 0 Å². The molecule has 5 heteroatoms. The Labute approximate surface area is 141 Å². The topological polar surface area (TPSA) is 68.1 Å². The van der Waals surface area contributed by atoms with Gasteiger partial charge in [-0.1, -0.05) is 60.7 Å². The van der Waals surface area contributed by atoms with E-state index in [4.69, 9.17) is 14.6 Å². The Bertz CT molecular complexity index is 641. The molecule has 0 atom stereocenters. The lowest BCUT2D eigenvalue weighted by Crippen LogP contribution is -2.11. The largest absolute Gasteiger partial charge is 0.476 e. The summed E-state index contributed by atoms with van der Waals surface area (Å²) < 4.78 is 10.8. The second-order valence-electron chi connectivity index (χ2n) is 5.11. The van der Waals surface area contributed by atoms with Crippen LogP contribution >= 0.6 is 0 Å². The van der Waals surface area contributed by atoms with Crippen molar-refractivity contribution in [2.75, 3.05) is 6.73 Å². The Balaban J connectivity index is 1.74. The highest BCUT2D eigenvalue weighted by Gasteiger charge is 2.08. The molecule has 0 fully saturated rings. The third-order valence-corrected chi connectivity index (χ3v) is 3.28. The van der Waals surface area contributed by atoms with Crippen LogP contribution in [0.3, 0.4) is 0 Å². The van der Waals surface area contributed by atoms with E-state index in [2.05, 4.69) is 4.99 Å². The summed E-state index contributed by atoms with van der Waals surface area (Å²) in [5.74, 6) is 0.0193. The fraction of sp³-hybridized carbons (Fsp3) is 0.263. The molecule has 0 heterocycles. The maximum Gasteiger partial charge on any atom is 0.306 e. The Hall–Kier alpha value is -2.66. The first-order valence-corrected chi connectivity index (χ1v) is 7.78. The minimum absolute atomic E-state index is 0.153. The zero-order valence-electron chi connectivity index (χ0n) is 13.4. The summed E-state index contributed by atoms with van der Waals surface area (Å²) in [6, 6.07) is 19.1. The molecule has 0 radical (unpaired) electrons. The van der Waals surface area contributed by atoms with Gasteiger partial charge in [0.05, 0.1) is 6.42 Å². The molecule has 0 amide bonds. The van der Waals surface area contributed by atoms with Gasteiger partial charge in [-0.3, -0.25) is 4.79 Å². The summed E-state index contributed by atoms with van der Waals surface area (Å²) in [5, 5.41) is 8.97. The van der Waals surface area contributed by atoms with Crippen molar-refractivity contribution in [3.63, 3.8) is 0 Å². The maximum absolute atomic E-state index is 11.8. The van der Waals surface area contributed by atoms with E-state index >= 15 is 0 Å². The van der Waals surface area contributed by atoms with Gasteiger partial charge in [-0.15, -0.1) is 0 Å². The number of esters is 1. The second-order valence-corrected chi connectivity index (χ2v) is 5.11. The van der Waals surface area contributed by atoms with Crippen LogP contribution in [0.2, 0.25) is 0 Å². The Morgan fingerprint density at radius 3 is 1.92 bits per heavy atom. The summed E-state index contributed by atoms with van der Waals surface area (Å²) in [5.41, 5.74) is 1.94. The average molecular weight is 327 g/mol. The molecule has 0 unspecified atom stereocenters. The SMILES string of the molecule is O=C(CCC(=NCO)OCc1ccccc1)OCc1ccccc1. The Morgan fingerprint density at radius 2 is 1.38 bits per heavy atom. The maximum atomic E-state index is 11.8. The predicted molar refractivity (Wildman–Crippen MR) is 91.2 cm³/mol. The molecule has 0 aromatic heterocycles. The first kappa shape index (κ1) is 17.7. The number of aliphatic imine (C=N–C) groups is 1. The number of carbonyl (C=O) groups excluding carboxylic acids is 1. The fourth-order valence-corrected chi connectivity index (χ4v) is 2.04. The smallest absolute Gasteiger partial charge is 0.306 e. The van der Waals surface area contributed by atoms with Crippen molar-refractivity contribution >= 4 is 11.9 Å². The van der Waals surface area contributed by atoms with Crippen LogP contribution in [0.5, 0.6) is 0 Å². The van der Waals surface area contributed by atoms with E-state index in [1.807, 2.05) is 60.7 Å². The number of rotatable bonds is 8. The molecule has 0 aliphatic heterocycles. The number of carbonyl (C=O) groups is 1. The van der Waals surface area contributed by atoms with Crippen molar-refractivity contribution in [2.24, 2.45) is 4.99 Å².